The molecule has 0 spiro atoms. The smallest absolute Gasteiger partial charge is 0.165 e. The van der Waals surface area contributed by atoms with Gasteiger partial charge in [-0.25, -0.2) is 4.39 Å². The van der Waals surface area contributed by atoms with Gasteiger partial charge >= 0.3 is 0 Å². The Morgan fingerprint density at radius 3 is 2.78 bits per heavy atom. The lowest BCUT2D eigenvalue weighted by molar-refractivity contribution is 0.386. The van der Waals surface area contributed by atoms with Crippen LogP contribution in [-0.2, 0) is 6.54 Å². The molecule has 0 bridgehead atoms. The zero-order valence-electron chi connectivity index (χ0n) is 10.5. The van der Waals surface area contributed by atoms with Crippen molar-refractivity contribution in [1.29, 1.82) is 0 Å². The maximum absolute atomic E-state index is 13.6. The predicted molar refractivity (Wildman–Crippen MR) is 68.0 cm³/mol. The molecule has 0 saturated carbocycles. The SMILES string of the molecule is CCNCc1ccc(-c2ccc(OC)c(F)c2)o1. The highest BCUT2D eigenvalue weighted by atomic mass is 19.1. The van der Waals surface area contributed by atoms with Gasteiger partial charge in [-0.2, -0.15) is 0 Å². The Hall–Kier alpha value is -1.81. The molecule has 0 aliphatic carbocycles. The number of methoxy groups -OCH3 is 1. The molecule has 4 heteroatoms. The van der Waals surface area contributed by atoms with Crippen molar-refractivity contribution in [1.82, 2.24) is 5.32 Å². The van der Waals surface area contributed by atoms with Crippen molar-refractivity contribution in [3.63, 3.8) is 0 Å². The van der Waals surface area contributed by atoms with Crippen LogP contribution in [0.15, 0.2) is 34.7 Å². The first-order valence-corrected chi connectivity index (χ1v) is 5.88. The number of benzene rings is 1. The fraction of sp³-hybridized carbons (Fsp3) is 0.286. The molecule has 1 heterocycles. The van der Waals surface area contributed by atoms with Crippen molar-refractivity contribution in [3.8, 4) is 17.1 Å². The summed E-state index contributed by atoms with van der Waals surface area (Å²) in [4.78, 5) is 0. The number of halogens is 1. The second-order valence-electron chi connectivity index (χ2n) is 3.90. The molecule has 96 valence electrons. The maximum Gasteiger partial charge on any atom is 0.165 e. The summed E-state index contributed by atoms with van der Waals surface area (Å²) in [6.07, 6.45) is 0. The van der Waals surface area contributed by atoms with Crippen LogP contribution < -0.4 is 10.1 Å². The number of hydrogen-bond acceptors (Lipinski definition) is 3. The molecule has 0 aliphatic rings. The van der Waals surface area contributed by atoms with Crippen molar-refractivity contribution < 1.29 is 13.5 Å². The molecule has 3 nitrogen and oxygen atoms in total. The van der Waals surface area contributed by atoms with Gasteiger partial charge in [0.2, 0.25) is 0 Å². The van der Waals surface area contributed by atoms with Crippen LogP contribution in [0.1, 0.15) is 12.7 Å². The molecule has 0 unspecified atom stereocenters. The average molecular weight is 249 g/mol. The predicted octanol–water partition coefficient (Wildman–Crippen LogP) is 3.20. The van der Waals surface area contributed by atoms with E-state index in [2.05, 4.69) is 5.32 Å². The molecule has 0 radical (unpaired) electrons. The topological polar surface area (TPSA) is 34.4 Å². The van der Waals surface area contributed by atoms with Gasteiger partial charge in [0, 0.05) is 5.56 Å². The van der Waals surface area contributed by atoms with E-state index in [0.29, 0.717) is 17.9 Å². The normalized spacial score (nSPS) is 10.6. The Morgan fingerprint density at radius 2 is 2.11 bits per heavy atom. The van der Waals surface area contributed by atoms with Crippen molar-refractivity contribution in [2.75, 3.05) is 13.7 Å². The lowest BCUT2D eigenvalue weighted by Crippen LogP contribution is -2.10. The summed E-state index contributed by atoms with van der Waals surface area (Å²) in [6, 6.07) is 8.51. The number of nitrogens with one attached hydrogen (secondary N) is 1. The van der Waals surface area contributed by atoms with E-state index in [1.807, 2.05) is 19.1 Å². The first-order chi connectivity index (χ1) is 8.74. The quantitative estimate of drug-likeness (QED) is 0.883. The molecule has 1 N–H and O–H groups in total. The third kappa shape index (κ3) is 2.71. The molecular weight excluding hydrogens is 233 g/mol. The van der Waals surface area contributed by atoms with Gasteiger partial charge in [-0.3, -0.25) is 0 Å². The molecule has 1 aromatic carbocycles. The van der Waals surface area contributed by atoms with Gasteiger partial charge in [0.15, 0.2) is 11.6 Å². The Bertz CT molecular complexity index is 522. The molecule has 0 atom stereocenters. The summed E-state index contributed by atoms with van der Waals surface area (Å²) in [5.74, 6) is 1.34. The summed E-state index contributed by atoms with van der Waals surface area (Å²) in [5.41, 5.74) is 0.705. The number of rotatable bonds is 5. The van der Waals surface area contributed by atoms with Crippen molar-refractivity contribution in [2.45, 2.75) is 13.5 Å². The molecule has 0 amide bonds. The highest BCUT2D eigenvalue weighted by molar-refractivity contribution is 5.59. The summed E-state index contributed by atoms with van der Waals surface area (Å²) in [7, 11) is 1.44. The van der Waals surface area contributed by atoms with E-state index >= 15 is 0 Å². The highest BCUT2D eigenvalue weighted by Gasteiger charge is 2.08. The third-order valence-electron chi connectivity index (χ3n) is 2.65. The number of hydrogen-bond donors (Lipinski definition) is 1. The van der Waals surface area contributed by atoms with Crippen LogP contribution in [0.5, 0.6) is 5.75 Å². The minimum atomic E-state index is -0.389. The first kappa shape index (κ1) is 12.6. The van der Waals surface area contributed by atoms with Gasteiger partial charge in [-0.15, -0.1) is 0 Å². The van der Waals surface area contributed by atoms with Gasteiger partial charge < -0.3 is 14.5 Å². The van der Waals surface area contributed by atoms with E-state index in [0.717, 1.165) is 12.3 Å². The van der Waals surface area contributed by atoms with Gasteiger partial charge in [-0.1, -0.05) is 6.92 Å². The zero-order valence-corrected chi connectivity index (χ0v) is 10.5. The van der Waals surface area contributed by atoms with E-state index < -0.39 is 0 Å². The molecule has 18 heavy (non-hydrogen) atoms. The molecule has 1 aromatic heterocycles. The second-order valence-corrected chi connectivity index (χ2v) is 3.90. The fourth-order valence-corrected chi connectivity index (χ4v) is 1.70. The maximum atomic E-state index is 13.6. The van der Waals surface area contributed by atoms with Crippen LogP contribution in [0.2, 0.25) is 0 Å². The van der Waals surface area contributed by atoms with Crippen LogP contribution in [0.25, 0.3) is 11.3 Å². The Morgan fingerprint density at radius 1 is 1.28 bits per heavy atom. The van der Waals surface area contributed by atoms with E-state index in [1.54, 1.807) is 12.1 Å². The number of ether oxygens (including phenoxy) is 1. The van der Waals surface area contributed by atoms with Crippen LogP contribution >= 0.6 is 0 Å². The summed E-state index contributed by atoms with van der Waals surface area (Å²) >= 11 is 0. The molecule has 0 saturated heterocycles. The van der Waals surface area contributed by atoms with Crippen LogP contribution in [0.4, 0.5) is 4.39 Å². The van der Waals surface area contributed by atoms with Crippen LogP contribution in [0, 0.1) is 5.82 Å². The van der Waals surface area contributed by atoms with Gasteiger partial charge in [0.1, 0.15) is 11.5 Å². The Balaban J connectivity index is 2.20. The second kappa shape index (κ2) is 5.69. The minimum Gasteiger partial charge on any atom is -0.494 e. The highest BCUT2D eigenvalue weighted by Crippen LogP contribution is 2.26. The summed E-state index contributed by atoms with van der Waals surface area (Å²) in [5, 5.41) is 3.17. The largest absolute Gasteiger partial charge is 0.494 e. The molecule has 2 rings (SSSR count). The Labute approximate surface area is 106 Å². The molecular formula is C14H16FNO2. The van der Waals surface area contributed by atoms with Crippen molar-refractivity contribution >= 4 is 0 Å². The van der Waals surface area contributed by atoms with Crippen molar-refractivity contribution in [3.05, 3.63) is 41.9 Å². The average Bonchev–Trinajstić information content (AvgIpc) is 2.85. The molecule has 0 fully saturated rings. The van der Waals surface area contributed by atoms with Gasteiger partial charge in [0.05, 0.1) is 13.7 Å². The third-order valence-corrected chi connectivity index (χ3v) is 2.65. The standard InChI is InChI=1S/C14H16FNO2/c1-3-16-9-11-5-7-13(18-11)10-4-6-14(17-2)12(15)8-10/h4-8,16H,3,9H2,1-2H3. The minimum absolute atomic E-state index is 0.234. The van der Waals surface area contributed by atoms with E-state index in [-0.39, 0.29) is 11.6 Å². The van der Waals surface area contributed by atoms with E-state index in [4.69, 9.17) is 9.15 Å². The summed E-state index contributed by atoms with van der Waals surface area (Å²) < 4.78 is 24.1. The van der Waals surface area contributed by atoms with Gasteiger partial charge in [-0.05, 0) is 36.9 Å². The lowest BCUT2D eigenvalue weighted by atomic mass is 10.1. The van der Waals surface area contributed by atoms with E-state index in [9.17, 15) is 4.39 Å². The molecule has 0 aliphatic heterocycles. The van der Waals surface area contributed by atoms with Gasteiger partial charge in [0.25, 0.3) is 0 Å². The monoisotopic (exact) mass is 249 g/mol. The zero-order chi connectivity index (χ0) is 13.0. The van der Waals surface area contributed by atoms with Crippen LogP contribution in [0.3, 0.4) is 0 Å². The molecule has 2 aromatic rings. The first-order valence-electron chi connectivity index (χ1n) is 5.88. The van der Waals surface area contributed by atoms with Crippen LogP contribution in [-0.4, -0.2) is 13.7 Å². The van der Waals surface area contributed by atoms with E-state index in [1.165, 1.54) is 13.2 Å². The fourth-order valence-electron chi connectivity index (χ4n) is 1.70. The lowest BCUT2D eigenvalue weighted by Gasteiger charge is -2.03. The summed E-state index contributed by atoms with van der Waals surface area (Å²) in [6.45, 7) is 3.59. The Kier molecular flexibility index (Phi) is 3.99. The number of furan rings is 1. The van der Waals surface area contributed by atoms with Crippen molar-refractivity contribution in [2.24, 2.45) is 0 Å².